The van der Waals surface area contributed by atoms with Gasteiger partial charge < -0.3 is 14.6 Å². The van der Waals surface area contributed by atoms with E-state index in [0.29, 0.717) is 0 Å². The third-order valence-electron chi connectivity index (χ3n) is 4.89. The molecule has 3 rings (SSSR count). The second-order valence-corrected chi connectivity index (χ2v) is 6.65. The lowest BCUT2D eigenvalue weighted by Gasteiger charge is -2.38. The standard InChI is InChI=1S/C16H26N2O.C2H2O4/c1-2-4-7-15(6-3-1)18-11-9-17(10-12-18)14-16-8-5-13-19-16;3-1(4)2(5)6/h5,8,13,15H,1-4,6-7,9-12,14H2;(H,3,4)(H,5,6). The van der Waals surface area contributed by atoms with Gasteiger partial charge in [-0.15, -0.1) is 0 Å². The van der Waals surface area contributed by atoms with Gasteiger partial charge in [0.2, 0.25) is 0 Å². The summed E-state index contributed by atoms with van der Waals surface area (Å²) in [6.45, 7) is 5.84. The molecule has 7 heteroatoms. The Hall–Kier alpha value is -1.86. The van der Waals surface area contributed by atoms with Crippen molar-refractivity contribution >= 4 is 11.9 Å². The van der Waals surface area contributed by atoms with Crippen LogP contribution in [0.2, 0.25) is 0 Å². The van der Waals surface area contributed by atoms with E-state index in [4.69, 9.17) is 24.2 Å². The maximum absolute atomic E-state index is 9.10. The van der Waals surface area contributed by atoms with E-state index in [-0.39, 0.29) is 0 Å². The minimum Gasteiger partial charge on any atom is -0.473 e. The molecule has 0 aromatic carbocycles. The summed E-state index contributed by atoms with van der Waals surface area (Å²) in [4.78, 5) is 23.5. The van der Waals surface area contributed by atoms with Crippen LogP contribution in [0.15, 0.2) is 22.8 Å². The number of nitrogens with zero attached hydrogens (tertiary/aromatic N) is 2. The fourth-order valence-corrected chi connectivity index (χ4v) is 3.53. The van der Waals surface area contributed by atoms with E-state index in [9.17, 15) is 0 Å². The van der Waals surface area contributed by atoms with Crippen molar-refractivity contribution in [2.24, 2.45) is 0 Å². The monoisotopic (exact) mass is 352 g/mol. The molecule has 7 nitrogen and oxygen atoms in total. The SMILES string of the molecule is O=C(O)C(=O)O.c1coc(CN2CCN(C3CCCCCC3)CC2)c1. The fourth-order valence-electron chi connectivity index (χ4n) is 3.53. The van der Waals surface area contributed by atoms with Gasteiger partial charge in [0.05, 0.1) is 12.8 Å². The average molecular weight is 352 g/mol. The number of aliphatic carboxylic acids is 2. The Bertz CT molecular complexity index is 504. The zero-order chi connectivity index (χ0) is 18.1. The van der Waals surface area contributed by atoms with Gasteiger partial charge in [0.15, 0.2) is 0 Å². The highest BCUT2D eigenvalue weighted by atomic mass is 16.4. The molecule has 1 aliphatic heterocycles. The van der Waals surface area contributed by atoms with Gasteiger partial charge in [-0.25, -0.2) is 9.59 Å². The van der Waals surface area contributed by atoms with Crippen LogP contribution in [-0.4, -0.2) is 64.2 Å². The first-order valence-electron chi connectivity index (χ1n) is 9.01. The highest BCUT2D eigenvalue weighted by Gasteiger charge is 2.24. The number of carboxylic acids is 2. The summed E-state index contributed by atoms with van der Waals surface area (Å²) in [5.74, 6) is -2.55. The molecule has 1 saturated carbocycles. The molecular weight excluding hydrogens is 324 g/mol. The zero-order valence-electron chi connectivity index (χ0n) is 14.6. The van der Waals surface area contributed by atoms with Crippen LogP contribution in [0.25, 0.3) is 0 Å². The molecule has 1 saturated heterocycles. The Morgan fingerprint density at radius 2 is 1.60 bits per heavy atom. The van der Waals surface area contributed by atoms with Crippen molar-refractivity contribution in [3.05, 3.63) is 24.2 Å². The summed E-state index contributed by atoms with van der Waals surface area (Å²) in [5.41, 5.74) is 0. The minimum absolute atomic E-state index is 0.869. The maximum Gasteiger partial charge on any atom is 0.414 e. The number of piperazine rings is 1. The van der Waals surface area contributed by atoms with Gasteiger partial charge in [0.25, 0.3) is 0 Å². The predicted molar refractivity (Wildman–Crippen MR) is 92.3 cm³/mol. The molecule has 0 bridgehead atoms. The number of hydrogen-bond donors (Lipinski definition) is 2. The third kappa shape index (κ3) is 6.88. The van der Waals surface area contributed by atoms with Crippen molar-refractivity contribution in [3.63, 3.8) is 0 Å². The van der Waals surface area contributed by atoms with Gasteiger partial charge in [-0.2, -0.15) is 0 Å². The average Bonchev–Trinajstić information content (AvgIpc) is 2.95. The highest BCUT2D eigenvalue weighted by Crippen LogP contribution is 2.23. The Kier molecular flexibility index (Phi) is 7.94. The quantitative estimate of drug-likeness (QED) is 0.636. The lowest BCUT2D eigenvalue weighted by atomic mass is 10.1. The van der Waals surface area contributed by atoms with E-state index in [1.807, 2.05) is 6.07 Å². The topological polar surface area (TPSA) is 94.2 Å². The van der Waals surface area contributed by atoms with Gasteiger partial charge in [-0.1, -0.05) is 25.7 Å². The van der Waals surface area contributed by atoms with Gasteiger partial charge in [0, 0.05) is 32.2 Å². The first-order chi connectivity index (χ1) is 12.1. The summed E-state index contributed by atoms with van der Waals surface area (Å²) in [7, 11) is 0. The molecule has 2 aliphatic rings. The summed E-state index contributed by atoms with van der Waals surface area (Å²) in [5, 5.41) is 14.8. The normalized spacial score (nSPS) is 20.3. The Balaban J connectivity index is 0.000000326. The Morgan fingerprint density at radius 1 is 1.00 bits per heavy atom. The first kappa shape index (κ1) is 19.5. The van der Waals surface area contributed by atoms with Crippen LogP contribution in [0, 0.1) is 0 Å². The summed E-state index contributed by atoms with van der Waals surface area (Å²) in [6, 6.07) is 4.93. The van der Waals surface area contributed by atoms with Gasteiger partial charge in [0.1, 0.15) is 5.76 Å². The molecule has 0 spiro atoms. The van der Waals surface area contributed by atoms with Gasteiger partial charge in [-0.3, -0.25) is 9.80 Å². The van der Waals surface area contributed by atoms with E-state index in [0.717, 1.165) is 18.3 Å². The zero-order valence-corrected chi connectivity index (χ0v) is 14.6. The van der Waals surface area contributed by atoms with E-state index < -0.39 is 11.9 Å². The van der Waals surface area contributed by atoms with E-state index in [2.05, 4.69) is 15.9 Å². The molecule has 140 valence electrons. The molecule has 0 radical (unpaired) electrons. The van der Waals surface area contributed by atoms with Crippen LogP contribution in [0.3, 0.4) is 0 Å². The molecule has 0 unspecified atom stereocenters. The van der Waals surface area contributed by atoms with Crippen molar-refractivity contribution in [1.29, 1.82) is 0 Å². The van der Waals surface area contributed by atoms with Crippen molar-refractivity contribution in [3.8, 4) is 0 Å². The molecule has 2 heterocycles. The molecule has 1 aliphatic carbocycles. The van der Waals surface area contributed by atoms with Crippen LogP contribution >= 0.6 is 0 Å². The second kappa shape index (κ2) is 10.2. The van der Waals surface area contributed by atoms with Crippen molar-refractivity contribution in [2.45, 2.75) is 51.1 Å². The molecule has 25 heavy (non-hydrogen) atoms. The van der Waals surface area contributed by atoms with Crippen LogP contribution in [0.5, 0.6) is 0 Å². The second-order valence-electron chi connectivity index (χ2n) is 6.65. The van der Waals surface area contributed by atoms with E-state index in [1.165, 1.54) is 64.7 Å². The molecule has 2 fully saturated rings. The van der Waals surface area contributed by atoms with E-state index >= 15 is 0 Å². The summed E-state index contributed by atoms with van der Waals surface area (Å²) >= 11 is 0. The van der Waals surface area contributed by atoms with Crippen LogP contribution in [0.4, 0.5) is 0 Å². The molecule has 1 aromatic rings. The van der Waals surface area contributed by atoms with Gasteiger partial charge in [-0.05, 0) is 25.0 Å². The summed E-state index contributed by atoms with van der Waals surface area (Å²) in [6.07, 6.45) is 10.4. The predicted octanol–water partition coefficient (Wildman–Crippen LogP) is 2.28. The van der Waals surface area contributed by atoms with Gasteiger partial charge >= 0.3 is 11.9 Å². The summed E-state index contributed by atoms with van der Waals surface area (Å²) < 4.78 is 5.44. The Labute approximate surface area is 148 Å². The van der Waals surface area contributed by atoms with Crippen LogP contribution in [-0.2, 0) is 16.1 Å². The first-order valence-corrected chi connectivity index (χ1v) is 9.01. The number of carbonyl (C=O) groups is 2. The smallest absolute Gasteiger partial charge is 0.414 e. The van der Waals surface area contributed by atoms with Crippen LogP contribution < -0.4 is 0 Å². The number of furan rings is 1. The van der Waals surface area contributed by atoms with E-state index in [1.54, 1.807) is 6.26 Å². The molecule has 1 aromatic heterocycles. The molecular formula is C18H28N2O5. The highest BCUT2D eigenvalue weighted by molar-refractivity contribution is 6.27. The molecule has 0 atom stereocenters. The Morgan fingerprint density at radius 3 is 2.08 bits per heavy atom. The van der Waals surface area contributed by atoms with Crippen LogP contribution in [0.1, 0.15) is 44.3 Å². The molecule has 2 N–H and O–H groups in total. The maximum atomic E-state index is 9.10. The minimum atomic E-state index is -1.82. The third-order valence-corrected chi connectivity index (χ3v) is 4.89. The largest absolute Gasteiger partial charge is 0.473 e. The lowest BCUT2D eigenvalue weighted by molar-refractivity contribution is -0.159. The van der Waals surface area contributed by atoms with Crippen molar-refractivity contribution in [1.82, 2.24) is 9.80 Å². The number of carboxylic acid groups (broad SMARTS) is 2. The fraction of sp³-hybridized carbons (Fsp3) is 0.667. The van der Waals surface area contributed by atoms with Crippen molar-refractivity contribution in [2.75, 3.05) is 26.2 Å². The molecule has 0 amide bonds. The number of rotatable bonds is 3. The van der Waals surface area contributed by atoms with Crippen molar-refractivity contribution < 1.29 is 24.2 Å². The number of hydrogen-bond acceptors (Lipinski definition) is 5. The lowest BCUT2D eigenvalue weighted by Crippen LogP contribution is -2.49.